The number of carbonyl (C=O) groups excluding carboxylic acids is 2. The molecule has 2 amide bonds. The Kier molecular flexibility index (Phi) is 8.72. The molecule has 3 rings (SSSR count). The fraction of sp³-hybridized carbons (Fsp3) is 0.652. The summed E-state index contributed by atoms with van der Waals surface area (Å²) in [6.45, 7) is 7.14. The van der Waals surface area contributed by atoms with Crippen LogP contribution in [-0.4, -0.2) is 74.4 Å². The standard InChI is InChI=1S/C23H32F3N3O4/c1-15(2)14-33-20-13-29(18-6-8-32-9-7-18)12-19(20)28-21(30)11-27-22(31)16-4-3-5-17(10-16)23(24,25)26/h3-5,10,15,18-20H,6-9,11-14H2,1-2H3,(H,27,31)(H,28,30)/t19-,20-/m1/s1. The topological polar surface area (TPSA) is 79.9 Å². The number of benzene rings is 1. The molecule has 0 unspecified atom stereocenters. The minimum Gasteiger partial charge on any atom is -0.381 e. The second-order valence-electron chi connectivity index (χ2n) is 9.00. The molecule has 2 saturated heterocycles. The zero-order chi connectivity index (χ0) is 24.0. The largest absolute Gasteiger partial charge is 0.416 e. The zero-order valence-corrected chi connectivity index (χ0v) is 19.0. The number of hydrogen-bond donors (Lipinski definition) is 2. The average Bonchev–Trinajstić information content (AvgIpc) is 3.18. The molecule has 2 heterocycles. The Morgan fingerprint density at radius 3 is 2.61 bits per heavy atom. The van der Waals surface area contributed by atoms with Gasteiger partial charge < -0.3 is 20.1 Å². The summed E-state index contributed by atoms with van der Waals surface area (Å²) in [5, 5.41) is 5.33. The van der Waals surface area contributed by atoms with Gasteiger partial charge >= 0.3 is 6.18 Å². The van der Waals surface area contributed by atoms with Gasteiger partial charge in [-0.05, 0) is 37.0 Å². The second kappa shape index (κ2) is 11.3. The first-order valence-electron chi connectivity index (χ1n) is 11.3. The normalized spacial score (nSPS) is 22.5. The quantitative estimate of drug-likeness (QED) is 0.609. The van der Waals surface area contributed by atoms with Crippen LogP contribution in [0.2, 0.25) is 0 Å². The van der Waals surface area contributed by atoms with E-state index >= 15 is 0 Å². The number of nitrogens with one attached hydrogen (secondary N) is 2. The van der Waals surface area contributed by atoms with E-state index in [1.54, 1.807) is 0 Å². The molecule has 0 bridgehead atoms. The van der Waals surface area contributed by atoms with Crippen molar-refractivity contribution in [3.63, 3.8) is 0 Å². The first-order chi connectivity index (χ1) is 15.6. The number of carbonyl (C=O) groups is 2. The minimum atomic E-state index is -4.54. The lowest BCUT2D eigenvalue weighted by Gasteiger charge is -2.30. The van der Waals surface area contributed by atoms with Crippen molar-refractivity contribution in [2.45, 2.75) is 51.1 Å². The van der Waals surface area contributed by atoms with Gasteiger partial charge in [0.05, 0.1) is 24.3 Å². The first-order valence-corrected chi connectivity index (χ1v) is 11.3. The maximum atomic E-state index is 12.9. The molecule has 0 aliphatic carbocycles. The molecule has 0 radical (unpaired) electrons. The molecule has 1 aromatic rings. The molecule has 10 heteroatoms. The van der Waals surface area contributed by atoms with Crippen molar-refractivity contribution < 1.29 is 32.2 Å². The predicted molar refractivity (Wildman–Crippen MR) is 116 cm³/mol. The summed E-state index contributed by atoms with van der Waals surface area (Å²) in [5.41, 5.74) is -1.06. The van der Waals surface area contributed by atoms with Crippen LogP contribution in [0.5, 0.6) is 0 Å². The number of nitrogens with zero attached hydrogens (tertiary/aromatic N) is 1. The Labute approximate surface area is 192 Å². The van der Waals surface area contributed by atoms with Crippen molar-refractivity contribution in [2.24, 2.45) is 5.92 Å². The van der Waals surface area contributed by atoms with E-state index in [-0.39, 0.29) is 24.3 Å². The molecule has 7 nitrogen and oxygen atoms in total. The van der Waals surface area contributed by atoms with E-state index < -0.39 is 23.6 Å². The smallest absolute Gasteiger partial charge is 0.381 e. The highest BCUT2D eigenvalue weighted by atomic mass is 19.4. The SMILES string of the molecule is CC(C)CO[C@@H]1CN(C2CCOCC2)C[C@H]1NC(=O)CNC(=O)c1cccc(C(F)(F)F)c1. The van der Waals surface area contributed by atoms with Crippen LogP contribution in [0.25, 0.3) is 0 Å². The highest BCUT2D eigenvalue weighted by Crippen LogP contribution is 2.29. The van der Waals surface area contributed by atoms with Crippen LogP contribution in [0, 0.1) is 5.92 Å². The van der Waals surface area contributed by atoms with Gasteiger partial charge in [-0.3, -0.25) is 14.5 Å². The third-order valence-electron chi connectivity index (χ3n) is 5.85. The van der Waals surface area contributed by atoms with Gasteiger partial charge in [0.2, 0.25) is 5.91 Å². The van der Waals surface area contributed by atoms with Crippen LogP contribution in [0.1, 0.15) is 42.6 Å². The van der Waals surface area contributed by atoms with Gasteiger partial charge in [0.15, 0.2) is 0 Å². The van der Waals surface area contributed by atoms with Crippen molar-refractivity contribution in [2.75, 3.05) is 39.5 Å². The van der Waals surface area contributed by atoms with E-state index in [0.717, 1.165) is 44.3 Å². The van der Waals surface area contributed by atoms with Crippen LogP contribution in [0.15, 0.2) is 24.3 Å². The number of amides is 2. The van der Waals surface area contributed by atoms with E-state index in [1.807, 2.05) is 0 Å². The third-order valence-corrected chi connectivity index (χ3v) is 5.85. The lowest BCUT2D eigenvalue weighted by Crippen LogP contribution is -2.48. The molecule has 2 N–H and O–H groups in total. The van der Waals surface area contributed by atoms with Crippen molar-refractivity contribution in [1.29, 1.82) is 0 Å². The van der Waals surface area contributed by atoms with E-state index in [1.165, 1.54) is 6.07 Å². The van der Waals surface area contributed by atoms with E-state index in [9.17, 15) is 22.8 Å². The summed E-state index contributed by atoms with van der Waals surface area (Å²) in [5.74, 6) is -0.795. The highest BCUT2D eigenvalue weighted by molar-refractivity contribution is 5.96. The number of rotatable bonds is 8. The Morgan fingerprint density at radius 1 is 1.21 bits per heavy atom. The van der Waals surface area contributed by atoms with Gasteiger partial charge in [-0.2, -0.15) is 13.2 Å². The maximum absolute atomic E-state index is 12.9. The minimum absolute atomic E-state index is 0.151. The Hall–Kier alpha value is -2.17. The summed E-state index contributed by atoms with van der Waals surface area (Å²) in [4.78, 5) is 27.1. The zero-order valence-electron chi connectivity index (χ0n) is 19.0. The fourth-order valence-electron chi connectivity index (χ4n) is 4.13. The molecule has 0 saturated carbocycles. The second-order valence-corrected chi connectivity index (χ2v) is 9.00. The van der Waals surface area contributed by atoms with Crippen LogP contribution in [-0.2, 0) is 20.4 Å². The summed E-state index contributed by atoms with van der Waals surface area (Å²) >= 11 is 0. The van der Waals surface area contributed by atoms with E-state index in [4.69, 9.17) is 9.47 Å². The van der Waals surface area contributed by atoms with Gasteiger partial charge in [0.1, 0.15) is 0 Å². The van der Waals surface area contributed by atoms with E-state index in [0.29, 0.717) is 31.7 Å². The number of likely N-dealkylation sites (tertiary alicyclic amines) is 1. The lowest BCUT2D eigenvalue weighted by molar-refractivity contribution is -0.137. The summed E-state index contributed by atoms with van der Waals surface area (Å²) in [6, 6.07) is 4.26. The van der Waals surface area contributed by atoms with Crippen molar-refractivity contribution in [3.8, 4) is 0 Å². The van der Waals surface area contributed by atoms with Crippen LogP contribution >= 0.6 is 0 Å². The molecule has 2 aliphatic heterocycles. The van der Waals surface area contributed by atoms with Crippen LogP contribution in [0.4, 0.5) is 13.2 Å². The lowest BCUT2D eigenvalue weighted by atomic mass is 10.1. The molecular formula is C23H32F3N3O4. The first kappa shape index (κ1) is 25.5. The molecule has 0 spiro atoms. The summed E-state index contributed by atoms with van der Waals surface area (Å²) in [7, 11) is 0. The molecule has 2 aliphatic rings. The Balaban J connectivity index is 1.55. The molecular weight excluding hydrogens is 439 g/mol. The molecule has 33 heavy (non-hydrogen) atoms. The predicted octanol–water partition coefficient (Wildman–Crippen LogP) is 2.46. The number of hydrogen-bond acceptors (Lipinski definition) is 5. The monoisotopic (exact) mass is 471 g/mol. The number of alkyl halides is 3. The molecule has 2 atom stereocenters. The average molecular weight is 472 g/mol. The van der Waals surface area contributed by atoms with Gasteiger partial charge in [0, 0.05) is 44.5 Å². The van der Waals surface area contributed by atoms with Crippen molar-refractivity contribution >= 4 is 11.8 Å². The fourth-order valence-corrected chi connectivity index (χ4v) is 4.13. The maximum Gasteiger partial charge on any atom is 0.416 e. The van der Waals surface area contributed by atoms with Crippen molar-refractivity contribution in [1.82, 2.24) is 15.5 Å². The summed E-state index contributed by atoms with van der Waals surface area (Å²) in [6.07, 6.45) is -2.84. The Morgan fingerprint density at radius 2 is 1.94 bits per heavy atom. The Bertz CT molecular complexity index is 812. The number of halogens is 3. The molecule has 1 aromatic carbocycles. The van der Waals surface area contributed by atoms with Gasteiger partial charge in [-0.15, -0.1) is 0 Å². The van der Waals surface area contributed by atoms with Crippen molar-refractivity contribution in [3.05, 3.63) is 35.4 Å². The molecule has 184 valence electrons. The highest BCUT2D eigenvalue weighted by Gasteiger charge is 2.38. The van der Waals surface area contributed by atoms with Crippen LogP contribution in [0.3, 0.4) is 0 Å². The summed E-state index contributed by atoms with van der Waals surface area (Å²) < 4.78 is 50.1. The molecule has 0 aromatic heterocycles. The van der Waals surface area contributed by atoms with Gasteiger partial charge in [-0.25, -0.2) is 0 Å². The number of ether oxygens (including phenoxy) is 2. The van der Waals surface area contributed by atoms with E-state index in [2.05, 4.69) is 29.4 Å². The molecule has 2 fully saturated rings. The van der Waals surface area contributed by atoms with Gasteiger partial charge in [-0.1, -0.05) is 19.9 Å². The van der Waals surface area contributed by atoms with Crippen LogP contribution < -0.4 is 10.6 Å². The third kappa shape index (κ3) is 7.41. The van der Waals surface area contributed by atoms with Gasteiger partial charge in [0.25, 0.3) is 5.91 Å².